The summed E-state index contributed by atoms with van der Waals surface area (Å²) in [5, 5.41) is 0. The van der Waals surface area contributed by atoms with E-state index in [1.54, 1.807) is 0 Å². The van der Waals surface area contributed by atoms with Gasteiger partial charge in [-0.25, -0.2) is 0 Å². The van der Waals surface area contributed by atoms with E-state index >= 15 is 0 Å². The van der Waals surface area contributed by atoms with E-state index in [1.165, 1.54) is 6.92 Å². The predicted octanol–water partition coefficient (Wildman–Crippen LogP) is -0.158. The Hall–Kier alpha value is -1.06. The maximum atomic E-state index is 11.2. The van der Waals surface area contributed by atoms with Crippen molar-refractivity contribution in [2.45, 2.75) is 20.8 Å². The summed E-state index contributed by atoms with van der Waals surface area (Å²) in [5.41, 5.74) is 0. The van der Waals surface area contributed by atoms with Gasteiger partial charge in [-0.05, 0) is 13.8 Å². The molecule has 0 amide bonds. The van der Waals surface area contributed by atoms with Crippen LogP contribution in [-0.2, 0) is 49.1 Å². The Morgan fingerprint density at radius 2 is 1.56 bits per heavy atom. The first-order chi connectivity index (χ1) is 6.90. The molecule has 0 aliphatic rings. The zero-order valence-electron chi connectivity index (χ0n) is 9.05. The van der Waals surface area contributed by atoms with Crippen molar-refractivity contribution in [1.29, 1.82) is 0 Å². The zero-order valence-corrected chi connectivity index (χ0v) is 10.6. The first-order valence-corrected chi connectivity index (χ1v) is 4.29. The molecule has 0 aliphatic heterocycles. The van der Waals surface area contributed by atoms with Crippen LogP contribution in [0.4, 0.5) is 0 Å². The number of esters is 3. The monoisotopic (exact) mass is 322 g/mol. The van der Waals surface area contributed by atoms with Gasteiger partial charge in [-0.15, -0.1) is 0 Å². The van der Waals surface area contributed by atoms with Gasteiger partial charge in [-0.2, -0.15) is 0 Å². The standard InChI is InChI=1S/C9H12O6.Pd/c1-4-14-8(12)7(5(2)10)9(13)15-6(3)11;/h7H,4H2,1-3H3;. The van der Waals surface area contributed by atoms with Crippen LogP contribution in [0.2, 0.25) is 0 Å². The number of ether oxygens (including phenoxy) is 2. The minimum absolute atomic E-state index is 0. The van der Waals surface area contributed by atoms with Crippen molar-refractivity contribution in [2.75, 3.05) is 6.61 Å². The Morgan fingerprint density at radius 1 is 1.06 bits per heavy atom. The third-order valence-electron chi connectivity index (χ3n) is 1.41. The molecule has 1 unspecified atom stereocenters. The van der Waals surface area contributed by atoms with Gasteiger partial charge in [0, 0.05) is 27.3 Å². The van der Waals surface area contributed by atoms with Gasteiger partial charge >= 0.3 is 17.9 Å². The minimum atomic E-state index is -1.67. The molecule has 0 aromatic heterocycles. The van der Waals surface area contributed by atoms with Crippen LogP contribution in [0.25, 0.3) is 0 Å². The molecule has 0 fully saturated rings. The van der Waals surface area contributed by atoms with E-state index < -0.39 is 29.6 Å². The summed E-state index contributed by atoms with van der Waals surface area (Å²) >= 11 is 0. The van der Waals surface area contributed by atoms with E-state index in [-0.39, 0.29) is 27.0 Å². The fourth-order valence-electron chi connectivity index (χ4n) is 0.854. The van der Waals surface area contributed by atoms with Crippen molar-refractivity contribution >= 4 is 23.7 Å². The van der Waals surface area contributed by atoms with Crippen molar-refractivity contribution in [3.8, 4) is 0 Å². The van der Waals surface area contributed by atoms with Crippen LogP contribution >= 0.6 is 0 Å². The van der Waals surface area contributed by atoms with Gasteiger partial charge in [0.15, 0.2) is 5.78 Å². The van der Waals surface area contributed by atoms with Gasteiger partial charge in [0.25, 0.3) is 0 Å². The quantitative estimate of drug-likeness (QED) is 0.406. The Kier molecular flexibility index (Phi) is 8.82. The van der Waals surface area contributed by atoms with Crippen LogP contribution in [0, 0.1) is 5.92 Å². The maximum absolute atomic E-state index is 11.2. The second-order valence-corrected chi connectivity index (χ2v) is 2.71. The summed E-state index contributed by atoms with van der Waals surface area (Å²) in [6.45, 7) is 3.62. The molecular weight excluding hydrogens is 311 g/mol. The molecule has 0 spiro atoms. The Balaban J connectivity index is 0. The molecule has 0 rings (SSSR count). The molecule has 0 aliphatic carbocycles. The van der Waals surface area contributed by atoms with E-state index in [4.69, 9.17) is 0 Å². The molecule has 0 radical (unpaired) electrons. The Labute approximate surface area is 106 Å². The molecule has 0 N–H and O–H groups in total. The van der Waals surface area contributed by atoms with E-state index in [0.717, 1.165) is 13.8 Å². The molecule has 0 heterocycles. The minimum Gasteiger partial charge on any atom is -0.465 e. The largest absolute Gasteiger partial charge is 0.465 e. The average Bonchev–Trinajstić information content (AvgIpc) is 2.01. The Bertz CT molecular complexity index is 298. The van der Waals surface area contributed by atoms with Crippen LogP contribution in [0.3, 0.4) is 0 Å². The number of rotatable bonds is 4. The second kappa shape index (κ2) is 8.14. The molecule has 0 aromatic rings. The van der Waals surface area contributed by atoms with Crippen LogP contribution in [0.1, 0.15) is 20.8 Å². The van der Waals surface area contributed by atoms with Gasteiger partial charge in [0.05, 0.1) is 6.61 Å². The number of ketones is 1. The molecule has 0 saturated heterocycles. The summed E-state index contributed by atoms with van der Waals surface area (Å²) in [4.78, 5) is 43.7. The van der Waals surface area contributed by atoms with Crippen LogP contribution in [-0.4, -0.2) is 30.3 Å². The maximum Gasteiger partial charge on any atom is 0.335 e. The molecule has 6 nitrogen and oxygen atoms in total. The molecule has 0 saturated carbocycles. The first kappa shape index (κ1) is 17.3. The SMILES string of the molecule is CCOC(=O)C(C(C)=O)C(=O)OC(C)=O.[Pd]. The van der Waals surface area contributed by atoms with Crippen LogP contribution < -0.4 is 0 Å². The van der Waals surface area contributed by atoms with E-state index in [9.17, 15) is 19.2 Å². The van der Waals surface area contributed by atoms with E-state index in [1.807, 2.05) is 0 Å². The molecule has 0 aromatic carbocycles. The number of hydrogen-bond donors (Lipinski definition) is 0. The van der Waals surface area contributed by atoms with Crippen molar-refractivity contribution in [3.05, 3.63) is 0 Å². The van der Waals surface area contributed by atoms with Gasteiger partial charge in [-0.3, -0.25) is 19.2 Å². The summed E-state index contributed by atoms with van der Waals surface area (Å²) in [6, 6.07) is 0. The van der Waals surface area contributed by atoms with Crippen molar-refractivity contribution in [2.24, 2.45) is 5.92 Å². The van der Waals surface area contributed by atoms with Crippen molar-refractivity contribution in [1.82, 2.24) is 0 Å². The normalized spacial score (nSPS) is 10.7. The summed E-state index contributed by atoms with van der Waals surface area (Å²) in [5.74, 6) is -5.48. The molecule has 1 atom stereocenters. The smallest absolute Gasteiger partial charge is 0.335 e. The van der Waals surface area contributed by atoms with Gasteiger partial charge in [-0.1, -0.05) is 0 Å². The van der Waals surface area contributed by atoms with Crippen LogP contribution in [0.5, 0.6) is 0 Å². The van der Waals surface area contributed by atoms with Gasteiger partial charge < -0.3 is 9.47 Å². The average molecular weight is 323 g/mol. The van der Waals surface area contributed by atoms with Crippen molar-refractivity contribution < 1.29 is 49.1 Å². The number of carbonyl (C=O) groups is 4. The molecule has 7 heteroatoms. The second-order valence-electron chi connectivity index (χ2n) is 2.71. The summed E-state index contributed by atoms with van der Waals surface area (Å²) < 4.78 is 8.64. The fourth-order valence-corrected chi connectivity index (χ4v) is 0.854. The van der Waals surface area contributed by atoms with E-state index in [2.05, 4.69) is 9.47 Å². The number of hydrogen-bond acceptors (Lipinski definition) is 6. The zero-order chi connectivity index (χ0) is 12.0. The van der Waals surface area contributed by atoms with Crippen molar-refractivity contribution in [3.63, 3.8) is 0 Å². The van der Waals surface area contributed by atoms with Crippen LogP contribution in [0.15, 0.2) is 0 Å². The summed E-state index contributed by atoms with van der Waals surface area (Å²) in [6.07, 6.45) is 0. The van der Waals surface area contributed by atoms with Gasteiger partial charge in [0.2, 0.25) is 5.92 Å². The first-order valence-electron chi connectivity index (χ1n) is 4.29. The third kappa shape index (κ3) is 5.73. The number of Topliss-reactive ketones (excluding diaryl/α,β-unsaturated/α-hetero) is 1. The summed E-state index contributed by atoms with van der Waals surface area (Å²) in [7, 11) is 0. The molecule has 94 valence electrons. The third-order valence-corrected chi connectivity index (χ3v) is 1.41. The Morgan fingerprint density at radius 3 is 1.88 bits per heavy atom. The topological polar surface area (TPSA) is 86.7 Å². The molecular formula is C9H12O6Pd. The number of carbonyl (C=O) groups excluding carboxylic acids is 4. The molecule has 0 bridgehead atoms. The van der Waals surface area contributed by atoms with Gasteiger partial charge in [0.1, 0.15) is 0 Å². The van der Waals surface area contributed by atoms with E-state index in [0.29, 0.717) is 0 Å². The predicted molar refractivity (Wildman–Crippen MR) is 47.6 cm³/mol. The fraction of sp³-hybridized carbons (Fsp3) is 0.556. The molecule has 16 heavy (non-hydrogen) atoms.